The van der Waals surface area contributed by atoms with E-state index in [1.807, 2.05) is 71.1 Å². The van der Waals surface area contributed by atoms with Crippen LogP contribution < -0.4 is 14.8 Å². The van der Waals surface area contributed by atoms with Gasteiger partial charge in [0.25, 0.3) is 0 Å². The highest BCUT2D eigenvalue weighted by molar-refractivity contribution is 5.90. The fourth-order valence-corrected chi connectivity index (χ4v) is 5.75. The second kappa shape index (κ2) is 10.2. The molecule has 0 saturated heterocycles. The molecule has 0 fully saturated rings. The summed E-state index contributed by atoms with van der Waals surface area (Å²) < 4.78 is 15.6. The molecule has 1 N–H and O–H groups in total. The Morgan fingerprint density at radius 2 is 1.73 bits per heavy atom. The van der Waals surface area contributed by atoms with Crippen molar-refractivity contribution in [1.29, 1.82) is 0 Å². The van der Waals surface area contributed by atoms with Gasteiger partial charge in [0.2, 0.25) is 0 Å². The first-order chi connectivity index (χ1) is 20.1. The van der Waals surface area contributed by atoms with Crippen LogP contribution in [0.4, 0.5) is 10.5 Å². The molecule has 4 heterocycles. The Morgan fingerprint density at radius 3 is 2.51 bits per heavy atom. The summed E-state index contributed by atoms with van der Waals surface area (Å²) in [5, 5.41) is 8.07. The molecule has 0 radical (unpaired) electrons. The number of hydrogen-bond donors (Lipinski definition) is 1. The van der Waals surface area contributed by atoms with E-state index in [1.54, 1.807) is 0 Å². The van der Waals surface area contributed by atoms with Gasteiger partial charge in [0, 0.05) is 23.5 Å². The number of ether oxygens (including phenoxy) is 2. The van der Waals surface area contributed by atoms with E-state index in [1.165, 1.54) is 5.56 Å². The highest BCUT2D eigenvalue weighted by Gasteiger charge is 2.36. The first kappa shape index (κ1) is 25.0. The number of rotatable bonds is 4. The Bertz CT molecular complexity index is 1720. The normalized spacial score (nSPS) is 15.6. The van der Waals surface area contributed by atoms with Gasteiger partial charge in [0.1, 0.15) is 19.0 Å². The molecule has 2 aliphatic heterocycles. The van der Waals surface area contributed by atoms with Crippen molar-refractivity contribution >= 4 is 11.7 Å². The van der Waals surface area contributed by atoms with Crippen LogP contribution in [0.5, 0.6) is 11.5 Å². The number of carbonyl (C=O) groups excluding carboxylic acids is 1. The molecule has 206 valence electrons. The zero-order chi connectivity index (χ0) is 27.9. The molecular formula is C33H31N5O3. The average Bonchev–Trinajstić information content (AvgIpc) is 3.58. The number of aryl methyl sites for hydroxylation is 2. The van der Waals surface area contributed by atoms with Crippen molar-refractivity contribution in [1.82, 2.24) is 19.2 Å². The first-order valence-electron chi connectivity index (χ1n) is 14.0. The van der Waals surface area contributed by atoms with Crippen LogP contribution in [-0.2, 0) is 13.0 Å². The smallest absolute Gasteiger partial charge is 0.322 e. The van der Waals surface area contributed by atoms with E-state index in [-0.39, 0.29) is 12.1 Å². The van der Waals surface area contributed by atoms with Gasteiger partial charge in [-0.25, -0.2) is 9.48 Å². The van der Waals surface area contributed by atoms with E-state index in [0.29, 0.717) is 36.9 Å². The van der Waals surface area contributed by atoms with E-state index in [4.69, 9.17) is 14.6 Å². The molecule has 2 aromatic heterocycles. The van der Waals surface area contributed by atoms with Gasteiger partial charge in [-0.15, -0.1) is 0 Å². The number of nitrogens with zero attached hydrogens (tertiary/aromatic N) is 4. The standard InChI is InChI=1S/C33H31N5O3/c1-3-23-11-13-24(14-12-23)31-28-10-7-17-36(28)32-27(22(2)35-38(32)26-8-5-4-6-9-26)21-37(31)33(39)34-25-15-16-29-30(20-25)41-19-18-40-29/h4-17,20,31H,3,18-19,21H2,1-2H3,(H,34,39)/t31-/m0/s1. The number of aromatic nitrogens is 3. The summed E-state index contributed by atoms with van der Waals surface area (Å²) in [6.45, 7) is 5.54. The first-order valence-corrected chi connectivity index (χ1v) is 14.0. The van der Waals surface area contributed by atoms with Crippen molar-refractivity contribution in [2.24, 2.45) is 0 Å². The average molecular weight is 546 g/mol. The fraction of sp³-hybridized carbons (Fsp3) is 0.212. The maximum absolute atomic E-state index is 14.2. The van der Waals surface area contributed by atoms with Crippen molar-refractivity contribution in [3.63, 3.8) is 0 Å². The number of amides is 2. The van der Waals surface area contributed by atoms with Crippen LogP contribution in [-0.4, -0.2) is 38.5 Å². The van der Waals surface area contributed by atoms with Gasteiger partial charge in [-0.05, 0) is 60.9 Å². The van der Waals surface area contributed by atoms with Crippen LogP contribution in [0.3, 0.4) is 0 Å². The molecule has 41 heavy (non-hydrogen) atoms. The van der Waals surface area contributed by atoms with Crippen LogP contribution >= 0.6 is 0 Å². The van der Waals surface area contributed by atoms with Gasteiger partial charge in [-0.3, -0.25) is 0 Å². The maximum atomic E-state index is 14.2. The molecule has 0 unspecified atom stereocenters. The number of nitrogens with one attached hydrogen (secondary N) is 1. The molecule has 2 amide bonds. The van der Waals surface area contributed by atoms with Crippen LogP contribution in [0.1, 0.15) is 41.0 Å². The zero-order valence-corrected chi connectivity index (χ0v) is 23.1. The Morgan fingerprint density at radius 1 is 0.951 bits per heavy atom. The van der Waals surface area contributed by atoms with E-state index in [9.17, 15) is 4.79 Å². The maximum Gasteiger partial charge on any atom is 0.322 e. The Kier molecular flexibility index (Phi) is 6.23. The summed E-state index contributed by atoms with van der Waals surface area (Å²) in [6.07, 6.45) is 3.01. The van der Waals surface area contributed by atoms with Crippen LogP contribution in [0, 0.1) is 6.92 Å². The second-order valence-electron chi connectivity index (χ2n) is 10.4. The van der Waals surface area contributed by atoms with E-state index < -0.39 is 0 Å². The molecule has 0 spiro atoms. The molecule has 0 aliphatic carbocycles. The minimum Gasteiger partial charge on any atom is -0.486 e. The van der Waals surface area contributed by atoms with Crippen molar-refractivity contribution < 1.29 is 14.3 Å². The summed E-state index contributed by atoms with van der Waals surface area (Å²) in [7, 11) is 0. The molecule has 0 bridgehead atoms. The molecule has 0 saturated carbocycles. The Labute approximate surface area is 238 Å². The van der Waals surface area contributed by atoms with E-state index >= 15 is 0 Å². The number of anilines is 1. The summed E-state index contributed by atoms with van der Waals surface area (Å²) >= 11 is 0. The SMILES string of the molecule is CCc1ccc([C@H]2c3cccn3-c3c(c(C)nn3-c3ccccc3)CN2C(=O)Nc2ccc3c(c2)OCCO3)cc1. The molecule has 7 rings (SSSR count). The zero-order valence-electron chi connectivity index (χ0n) is 23.1. The van der Waals surface area contributed by atoms with Crippen molar-refractivity contribution in [2.75, 3.05) is 18.5 Å². The number of urea groups is 1. The number of benzene rings is 3. The summed E-state index contributed by atoms with van der Waals surface area (Å²) in [5.41, 5.74) is 6.78. The summed E-state index contributed by atoms with van der Waals surface area (Å²) in [4.78, 5) is 16.1. The minimum absolute atomic E-state index is 0.210. The van der Waals surface area contributed by atoms with Gasteiger partial charge in [-0.2, -0.15) is 5.10 Å². The molecule has 1 atom stereocenters. The summed E-state index contributed by atoms with van der Waals surface area (Å²) in [6, 6.07) is 27.8. The van der Waals surface area contributed by atoms with Gasteiger partial charge in [0.15, 0.2) is 11.5 Å². The molecule has 8 heteroatoms. The van der Waals surface area contributed by atoms with Crippen molar-refractivity contribution in [3.05, 3.63) is 119 Å². The van der Waals surface area contributed by atoms with E-state index in [0.717, 1.165) is 40.4 Å². The quantitative estimate of drug-likeness (QED) is 0.282. The fourth-order valence-electron chi connectivity index (χ4n) is 5.75. The number of fused-ring (bicyclic) bond motifs is 4. The van der Waals surface area contributed by atoms with Crippen LogP contribution in [0.2, 0.25) is 0 Å². The van der Waals surface area contributed by atoms with E-state index in [2.05, 4.69) is 53.3 Å². The highest BCUT2D eigenvalue weighted by Crippen LogP contribution is 2.39. The number of carbonyl (C=O) groups is 1. The molecule has 2 aliphatic rings. The van der Waals surface area contributed by atoms with Crippen LogP contribution in [0.15, 0.2) is 91.1 Å². The van der Waals surface area contributed by atoms with Gasteiger partial charge in [-0.1, -0.05) is 49.4 Å². The topological polar surface area (TPSA) is 73.6 Å². The highest BCUT2D eigenvalue weighted by atomic mass is 16.6. The largest absolute Gasteiger partial charge is 0.486 e. The molecule has 8 nitrogen and oxygen atoms in total. The predicted octanol–water partition coefficient (Wildman–Crippen LogP) is 6.44. The lowest BCUT2D eigenvalue weighted by atomic mass is 9.99. The predicted molar refractivity (Wildman–Crippen MR) is 157 cm³/mol. The lowest BCUT2D eigenvalue weighted by molar-refractivity contribution is 0.171. The molecule has 5 aromatic rings. The number of para-hydroxylation sites is 1. The van der Waals surface area contributed by atoms with Gasteiger partial charge in [0.05, 0.1) is 29.7 Å². The Balaban J connectivity index is 1.35. The number of hydrogen-bond acceptors (Lipinski definition) is 4. The third-order valence-corrected chi connectivity index (χ3v) is 7.84. The minimum atomic E-state index is -0.329. The monoisotopic (exact) mass is 545 g/mol. The third-order valence-electron chi connectivity index (χ3n) is 7.84. The third kappa shape index (κ3) is 4.41. The van der Waals surface area contributed by atoms with Gasteiger partial charge >= 0.3 is 6.03 Å². The lowest BCUT2D eigenvalue weighted by Crippen LogP contribution is -2.38. The van der Waals surface area contributed by atoms with Gasteiger partial charge < -0.3 is 24.3 Å². The molecule has 3 aromatic carbocycles. The van der Waals surface area contributed by atoms with Crippen molar-refractivity contribution in [3.8, 4) is 23.0 Å². The Hall–Kier alpha value is -4.98. The van der Waals surface area contributed by atoms with Crippen LogP contribution in [0.25, 0.3) is 11.5 Å². The van der Waals surface area contributed by atoms with Crippen molar-refractivity contribution in [2.45, 2.75) is 32.9 Å². The second-order valence-corrected chi connectivity index (χ2v) is 10.4. The lowest BCUT2D eigenvalue weighted by Gasteiger charge is -2.31. The summed E-state index contributed by atoms with van der Waals surface area (Å²) in [5.74, 6) is 2.26. The molecular weight excluding hydrogens is 514 g/mol.